The predicted octanol–water partition coefficient (Wildman–Crippen LogP) is 3.08. The largest absolute Gasteiger partial charge is 0.487 e. The number of halogens is 1. The van der Waals surface area contributed by atoms with E-state index in [4.69, 9.17) is 10.5 Å². The number of fused-ring (bicyclic) bond motifs is 2. The van der Waals surface area contributed by atoms with Crippen molar-refractivity contribution in [3.63, 3.8) is 0 Å². The number of ether oxygens (including phenoxy) is 1. The zero-order valence-electron chi connectivity index (χ0n) is 16.8. The zero-order chi connectivity index (χ0) is 21.0. The first-order valence-electron chi connectivity index (χ1n) is 10.4. The second-order valence-corrected chi connectivity index (χ2v) is 9.24. The Kier molecular flexibility index (Phi) is 4.95. The van der Waals surface area contributed by atoms with Gasteiger partial charge in [-0.3, -0.25) is 0 Å². The molecule has 0 saturated heterocycles. The summed E-state index contributed by atoms with van der Waals surface area (Å²) in [5.74, 6) is 1.21. The molecule has 0 radical (unpaired) electrons. The van der Waals surface area contributed by atoms with Crippen LogP contribution in [0.5, 0.6) is 5.75 Å². The number of aromatic nitrogens is 3. The number of hydrogen-bond acceptors (Lipinski definition) is 6. The highest BCUT2D eigenvalue weighted by molar-refractivity contribution is 9.10. The van der Waals surface area contributed by atoms with E-state index in [2.05, 4.69) is 38.9 Å². The Morgan fingerprint density at radius 3 is 2.80 bits per heavy atom. The molecule has 0 aliphatic heterocycles. The number of anilines is 1. The van der Waals surface area contributed by atoms with Crippen molar-refractivity contribution in [1.29, 1.82) is 0 Å². The minimum absolute atomic E-state index is 0.373. The Bertz CT molecular complexity index is 1120. The number of rotatable bonds is 3. The molecule has 4 N–H and O–H groups in total. The average Bonchev–Trinajstić information content (AvgIpc) is 3.20. The lowest BCUT2D eigenvalue weighted by molar-refractivity contribution is -0.0166. The first-order valence-corrected chi connectivity index (χ1v) is 11.1. The van der Waals surface area contributed by atoms with E-state index in [1.165, 1.54) is 23.9 Å². The molecule has 4 atom stereocenters. The number of benzene rings is 1. The van der Waals surface area contributed by atoms with Gasteiger partial charge in [0.15, 0.2) is 0 Å². The van der Waals surface area contributed by atoms with E-state index in [-0.39, 0.29) is 6.04 Å². The van der Waals surface area contributed by atoms with Crippen LogP contribution in [-0.2, 0) is 12.8 Å². The van der Waals surface area contributed by atoms with Gasteiger partial charge in [-0.1, -0.05) is 6.07 Å². The fraction of sp³-hybridized carbons (Fsp3) is 0.455. The fourth-order valence-corrected chi connectivity index (χ4v) is 5.52. The van der Waals surface area contributed by atoms with Crippen LogP contribution in [0.25, 0.3) is 11.0 Å². The lowest BCUT2D eigenvalue weighted by Gasteiger charge is -2.24. The topological polar surface area (TPSA) is 106 Å². The summed E-state index contributed by atoms with van der Waals surface area (Å²) >= 11 is 3.51. The minimum Gasteiger partial charge on any atom is -0.487 e. The van der Waals surface area contributed by atoms with E-state index in [0.29, 0.717) is 23.3 Å². The number of nitrogen functional groups attached to an aromatic ring is 1. The van der Waals surface area contributed by atoms with Crippen LogP contribution in [-0.4, -0.2) is 43.1 Å². The number of aryl methyl sites for hydroxylation is 2. The summed E-state index contributed by atoms with van der Waals surface area (Å²) in [6, 6.07) is 3.90. The van der Waals surface area contributed by atoms with E-state index in [1.54, 1.807) is 0 Å². The van der Waals surface area contributed by atoms with Gasteiger partial charge in [-0.05, 0) is 71.3 Å². The molecule has 0 amide bonds. The van der Waals surface area contributed by atoms with Gasteiger partial charge >= 0.3 is 0 Å². The molecule has 30 heavy (non-hydrogen) atoms. The lowest BCUT2D eigenvalue weighted by Crippen LogP contribution is -2.34. The zero-order valence-corrected chi connectivity index (χ0v) is 18.3. The highest BCUT2D eigenvalue weighted by Gasteiger charge is 2.45. The van der Waals surface area contributed by atoms with Gasteiger partial charge < -0.3 is 25.3 Å². The van der Waals surface area contributed by atoms with E-state index < -0.39 is 18.3 Å². The molecule has 1 saturated carbocycles. The standard InChI is InChI=1S/C22H25BrN4O3/c1-11-6-12-4-2-3-5-13(12)16(7-11)30-17-8-15(19(28)20(17)29)27-9-14(23)18-21(24)25-10-26-22(18)27/h6-7,9-10,15,17,19-20,28-29H,2-5,8H2,1H3,(H2,24,25,26)/t15-,17+,19+,20-/m1/s1. The molecule has 3 aromatic rings. The van der Waals surface area contributed by atoms with E-state index >= 15 is 0 Å². The van der Waals surface area contributed by atoms with Gasteiger partial charge in [0.25, 0.3) is 0 Å². The van der Waals surface area contributed by atoms with Crippen molar-refractivity contribution in [2.24, 2.45) is 0 Å². The van der Waals surface area contributed by atoms with Crippen molar-refractivity contribution in [1.82, 2.24) is 14.5 Å². The quantitative estimate of drug-likeness (QED) is 0.540. The van der Waals surface area contributed by atoms with E-state index in [9.17, 15) is 10.2 Å². The molecular weight excluding hydrogens is 448 g/mol. The maximum absolute atomic E-state index is 10.8. The van der Waals surface area contributed by atoms with Crippen molar-refractivity contribution in [3.05, 3.63) is 45.8 Å². The summed E-state index contributed by atoms with van der Waals surface area (Å²) in [5, 5.41) is 22.4. The minimum atomic E-state index is -0.995. The third-order valence-corrected chi connectivity index (χ3v) is 7.00. The van der Waals surface area contributed by atoms with Crippen LogP contribution in [0.1, 0.15) is 42.0 Å². The summed E-state index contributed by atoms with van der Waals surface area (Å²) < 4.78 is 8.96. The highest BCUT2D eigenvalue weighted by Crippen LogP contribution is 2.40. The number of nitrogens with two attached hydrogens (primary N) is 1. The Labute approximate surface area is 183 Å². The van der Waals surface area contributed by atoms with Crippen LogP contribution in [0.15, 0.2) is 29.1 Å². The molecular formula is C22H25BrN4O3. The van der Waals surface area contributed by atoms with Gasteiger partial charge in [0.2, 0.25) is 0 Å². The average molecular weight is 473 g/mol. The van der Waals surface area contributed by atoms with Crippen molar-refractivity contribution in [3.8, 4) is 5.75 Å². The maximum Gasteiger partial charge on any atom is 0.147 e. The molecule has 5 rings (SSSR count). The fourth-order valence-electron chi connectivity index (χ4n) is 4.92. The van der Waals surface area contributed by atoms with Crippen LogP contribution in [0.2, 0.25) is 0 Å². The van der Waals surface area contributed by atoms with Crippen LogP contribution < -0.4 is 10.5 Å². The Morgan fingerprint density at radius 1 is 1.17 bits per heavy atom. The molecule has 0 spiro atoms. The van der Waals surface area contributed by atoms with Crippen LogP contribution in [0.3, 0.4) is 0 Å². The van der Waals surface area contributed by atoms with Crippen molar-refractivity contribution < 1.29 is 14.9 Å². The van der Waals surface area contributed by atoms with Crippen LogP contribution >= 0.6 is 15.9 Å². The van der Waals surface area contributed by atoms with Crippen molar-refractivity contribution in [2.45, 2.75) is 63.4 Å². The SMILES string of the molecule is Cc1cc2c(c(O[C@H]3C[C@@H](n4cc(Br)c5c(N)ncnc54)[C@H](O)[C@@H]3O)c1)CCCC2. The molecule has 7 nitrogen and oxygen atoms in total. The summed E-state index contributed by atoms with van der Waals surface area (Å²) in [6.07, 6.45) is 5.64. The molecule has 2 aromatic heterocycles. The van der Waals surface area contributed by atoms with Crippen LogP contribution in [0.4, 0.5) is 5.82 Å². The lowest BCUT2D eigenvalue weighted by atomic mass is 9.89. The number of aliphatic hydroxyl groups excluding tert-OH is 2. The number of aliphatic hydroxyl groups is 2. The molecule has 2 heterocycles. The Hall–Kier alpha value is -2.16. The first kappa shape index (κ1) is 19.8. The van der Waals surface area contributed by atoms with Gasteiger partial charge in [0, 0.05) is 17.1 Å². The first-order chi connectivity index (χ1) is 14.4. The number of hydrogen-bond donors (Lipinski definition) is 3. The molecule has 0 bridgehead atoms. The predicted molar refractivity (Wildman–Crippen MR) is 118 cm³/mol. The Morgan fingerprint density at radius 2 is 1.97 bits per heavy atom. The molecule has 158 valence electrons. The van der Waals surface area contributed by atoms with Gasteiger partial charge in [0.1, 0.15) is 41.9 Å². The number of nitrogens with zero attached hydrogens (tertiary/aromatic N) is 3. The third kappa shape index (κ3) is 3.18. The maximum atomic E-state index is 10.8. The van der Waals surface area contributed by atoms with Gasteiger partial charge in [-0.15, -0.1) is 0 Å². The highest BCUT2D eigenvalue weighted by atomic mass is 79.9. The van der Waals surface area contributed by atoms with Gasteiger partial charge in [-0.25, -0.2) is 9.97 Å². The summed E-state index contributed by atoms with van der Waals surface area (Å²) in [5.41, 5.74) is 10.4. The molecule has 8 heteroatoms. The summed E-state index contributed by atoms with van der Waals surface area (Å²) in [6.45, 7) is 2.07. The smallest absolute Gasteiger partial charge is 0.147 e. The third-order valence-electron chi connectivity index (χ3n) is 6.40. The van der Waals surface area contributed by atoms with E-state index in [1.807, 2.05) is 16.8 Å². The molecule has 2 aliphatic carbocycles. The molecule has 2 aliphatic rings. The van der Waals surface area contributed by atoms with Gasteiger partial charge in [-0.2, -0.15) is 0 Å². The molecule has 1 fully saturated rings. The van der Waals surface area contributed by atoms with E-state index in [0.717, 1.165) is 35.0 Å². The summed E-state index contributed by atoms with van der Waals surface area (Å²) in [7, 11) is 0. The van der Waals surface area contributed by atoms with Gasteiger partial charge in [0.05, 0.1) is 11.4 Å². The van der Waals surface area contributed by atoms with Crippen LogP contribution in [0, 0.1) is 6.92 Å². The second kappa shape index (κ2) is 7.51. The molecule has 0 unspecified atom stereocenters. The summed E-state index contributed by atoms with van der Waals surface area (Å²) in [4.78, 5) is 8.40. The van der Waals surface area contributed by atoms with Crippen molar-refractivity contribution >= 4 is 32.8 Å². The normalized spacial score (nSPS) is 26.1. The Balaban J connectivity index is 1.47. The molecule has 1 aromatic carbocycles. The second-order valence-electron chi connectivity index (χ2n) is 8.39. The monoisotopic (exact) mass is 472 g/mol. The van der Waals surface area contributed by atoms with Crippen molar-refractivity contribution in [2.75, 3.05) is 5.73 Å².